The molecule has 0 aromatic rings. The van der Waals surface area contributed by atoms with Crippen LogP contribution in [0.3, 0.4) is 0 Å². The van der Waals surface area contributed by atoms with Crippen LogP contribution in [0.2, 0.25) is 0 Å². The number of rotatable bonds is 4. The Morgan fingerprint density at radius 1 is 1.40 bits per heavy atom. The van der Waals surface area contributed by atoms with Gasteiger partial charge in [0.05, 0.1) is 5.92 Å². The second kappa shape index (κ2) is 4.12. The zero-order valence-corrected chi connectivity index (χ0v) is 9.65. The maximum Gasteiger partial charge on any atom is 0.308 e. The van der Waals surface area contributed by atoms with E-state index in [4.69, 9.17) is 5.11 Å². The molecule has 2 rings (SSSR count). The number of nitrogens with zero attached hydrogens (tertiary/aromatic N) is 1. The van der Waals surface area contributed by atoms with Gasteiger partial charge in [0.15, 0.2) is 0 Å². The number of aliphatic carboxylic acids is 1. The van der Waals surface area contributed by atoms with Crippen molar-refractivity contribution in [3.05, 3.63) is 0 Å². The van der Waals surface area contributed by atoms with E-state index in [-0.39, 0.29) is 5.92 Å². The summed E-state index contributed by atoms with van der Waals surface area (Å²) in [7, 11) is 0. The maximum atomic E-state index is 11.1. The van der Waals surface area contributed by atoms with Crippen molar-refractivity contribution < 1.29 is 9.90 Å². The SMILES string of the molecule is CCC(CC)N1C2CCC1C(C(=O)O)C2. The van der Waals surface area contributed by atoms with E-state index in [1.807, 2.05) is 0 Å². The molecule has 2 bridgehead atoms. The molecule has 3 nitrogen and oxygen atoms in total. The van der Waals surface area contributed by atoms with E-state index in [2.05, 4.69) is 18.7 Å². The fourth-order valence-electron chi connectivity index (χ4n) is 3.58. The van der Waals surface area contributed by atoms with Crippen molar-refractivity contribution in [2.45, 2.75) is 64.1 Å². The van der Waals surface area contributed by atoms with Crippen molar-refractivity contribution >= 4 is 5.97 Å². The molecule has 0 aromatic heterocycles. The number of carbonyl (C=O) groups is 1. The lowest BCUT2D eigenvalue weighted by Crippen LogP contribution is -2.40. The first-order valence-electron chi connectivity index (χ1n) is 6.19. The molecule has 0 aliphatic carbocycles. The Kier molecular flexibility index (Phi) is 3.01. The van der Waals surface area contributed by atoms with Crippen LogP contribution in [0.5, 0.6) is 0 Å². The lowest BCUT2D eigenvalue weighted by atomic mass is 9.89. The fourth-order valence-corrected chi connectivity index (χ4v) is 3.58. The fraction of sp³-hybridized carbons (Fsp3) is 0.917. The Bertz CT molecular complexity index is 250. The lowest BCUT2D eigenvalue weighted by Gasteiger charge is -2.31. The summed E-state index contributed by atoms with van der Waals surface area (Å²) in [5.41, 5.74) is 0. The molecular formula is C12H21NO2. The zero-order chi connectivity index (χ0) is 11.0. The number of carboxylic acid groups (broad SMARTS) is 1. The van der Waals surface area contributed by atoms with E-state index in [1.165, 1.54) is 6.42 Å². The summed E-state index contributed by atoms with van der Waals surface area (Å²) >= 11 is 0. The highest BCUT2D eigenvalue weighted by molar-refractivity contribution is 5.71. The molecule has 2 fully saturated rings. The first kappa shape index (κ1) is 10.9. The van der Waals surface area contributed by atoms with Crippen LogP contribution in [0, 0.1) is 5.92 Å². The smallest absolute Gasteiger partial charge is 0.308 e. The monoisotopic (exact) mass is 211 g/mol. The molecule has 3 unspecified atom stereocenters. The third-order valence-corrected chi connectivity index (χ3v) is 4.27. The summed E-state index contributed by atoms with van der Waals surface area (Å²) in [6.45, 7) is 4.42. The molecule has 2 aliphatic heterocycles. The highest BCUT2D eigenvalue weighted by Crippen LogP contribution is 2.43. The number of hydrogen-bond acceptors (Lipinski definition) is 2. The van der Waals surface area contributed by atoms with Gasteiger partial charge in [0, 0.05) is 18.1 Å². The van der Waals surface area contributed by atoms with Crippen molar-refractivity contribution in [1.29, 1.82) is 0 Å². The van der Waals surface area contributed by atoms with Gasteiger partial charge in [-0.15, -0.1) is 0 Å². The molecule has 0 saturated carbocycles. The second-order valence-electron chi connectivity index (χ2n) is 4.90. The average Bonchev–Trinajstić information content (AvgIpc) is 2.78. The van der Waals surface area contributed by atoms with Gasteiger partial charge in [0.2, 0.25) is 0 Å². The summed E-state index contributed by atoms with van der Waals surface area (Å²) < 4.78 is 0. The van der Waals surface area contributed by atoms with Gasteiger partial charge in [-0.25, -0.2) is 0 Å². The Morgan fingerprint density at radius 2 is 2.07 bits per heavy atom. The topological polar surface area (TPSA) is 40.5 Å². The second-order valence-corrected chi connectivity index (χ2v) is 4.90. The Balaban J connectivity index is 2.12. The summed E-state index contributed by atoms with van der Waals surface area (Å²) in [6, 6.07) is 1.49. The minimum atomic E-state index is -0.585. The minimum Gasteiger partial charge on any atom is -0.481 e. The zero-order valence-electron chi connectivity index (χ0n) is 9.65. The third-order valence-electron chi connectivity index (χ3n) is 4.27. The normalized spacial score (nSPS) is 35.3. The third kappa shape index (κ3) is 1.67. The van der Waals surface area contributed by atoms with Crippen LogP contribution < -0.4 is 0 Å². The van der Waals surface area contributed by atoms with E-state index >= 15 is 0 Å². The number of fused-ring (bicyclic) bond motifs is 2. The van der Waals surface area contributed by atoms with Crippen molar-refractivity contribution in [2.24, 2.45) is 5.92 Å². The van der Waals surface area contributed by atoms with E-state index < -0.39 is 5.97 Å². The Hall–Kier alpha value is -0.570. The predicted molar refractivity (Wildman–Crippen MR) is 58.8 cm³/mol. The van der Waals surface area contributed by atoms with E-state index in [0.717, 1.165) is 25.7 Å². The molecule has 0 radical (unpaired) electrons. The summed E-state index contributed by atoms with van der Waals surface area (Å²) in [5.74, 6) is -0.678. The molecule has 86 valence electrons. The number of hydrogen-bond donors (Lipinski definition) is 1. The molecule has 2 aliphatic rings. The first-order chi connectivity index (χ1) is 7.19. The molecule has 15 heavy (non-hydrogen) atoms. The van der Waals surface area contributed by atoms with Crippen LogP contribution in [-0.2, 0) is 4.79 Å². The van der Waals surface area contributed by atoms with Gasteiger partial charge in [0.1, 0.15) is 0 Å². The van der Waals surface area contributed by atoms with E-state index in [9.17, 15) is 4.79 Å². The molecule has 0 amide bonds. The first-order valence-corrected chi connectivity index (χ1v) is 6.19. The highest BCUT2D eigenvalue weighted by Gasteiger charge is 2.50. The van der Waals surface area contributed by atoms with E-state index in [0.29, 0.717) is 18.1 Å². The molecule has 2 saturated heterocycles. The summed E-state index contributed by atoms with van der Waals surface area (Å²) in [6.07, 6.45) is 5.49. The Morgan fingerprint density at radius 3 is 2.53 bits per heavy atom. The van der Waals surface area contributed by atoms with Gasteiger partial charge < -0.3 is 5.11 Å². The van der Waals surface area contributed by atoms with Gasteiger partial charge in [-0.2, -0.15) is 0 Å². The van der Waals surface area contributed by atoms with Gasteiger partial charge in [-0.1, -0.05) is 13.8 Å². The van der Waals surface area contributed by atoms with Gasteiger partial charge in [-0.3, -0.25) is 9.69 Å². The van der Waals surface area contributed by atoms with Gasteiger partial charge >= 0.3 is 5.97 Å². The molecule has 0 aromatic carbocycles. The van der Waals surface area contributed by atoms with Crippen molar-refractivity contribution in [1.82, 2.24) is 4.90 Å². The van der Waals surface area contributed by atoms with Crippen LogP contribution in [0.4, 0.5) is 0 Å². The number of carboxylic acids is 1. The van der Waals surface area contributed by atoms with Gasteiger partial charge in [-0.05, 0) is 32.1 Å². The quantitative estimate of drug-likeness (QED) is 0.774. The van der Waals surface area contributed by atoms with Crippen LogP contribution in [-0.4, -0.2) is 34.1 Å². The molecule has 1 N–H and O–H groups in total. The summed E-state index contributed by atoms with van der Waals surface area (Å²) in [4.78, 5) is 13.6. The van der Waals surface area contributed by atoms with Crippen molar-refractivity contribution in [3.63, 3.8) is 0 Å². The van der Waals surface area contributed by atoms with E-state index in [1.54, 1.807) is 0 Å². The molecule has 0 spiro atoms. The van der Waals surface area contributed by atoms with Crippen LogP contribution in [0.15, 0.2) is 0 Å². The molecule has 2 heterocycles. The molecular weight excluding hydrogens is 190 g/mol. The molecule has 3 atom stereocenters. The Labute approximate surface area is 91.5 Å². The minimum absolute atomic E-state index is 0.0932. The van der Waals surface area contributed by atoms with Crippen LogP contribution in [0.1, 0.15) is 46.0 Å². The highest BCUT2D eigenvalue weighted by atomic mass is 16.4. The van der Waals surface area contributed by atoms with Crippen molar-refractivity contribution in [3.8, 4) is 0 Å². The van der Waals surface area contributed by atoms with Gasteiger partial charge in [0.25, 0.3) is 0 Å². The summed E-state index contributed by atoms with van der Waals surface area (Å²) in [5, 5.41) is 9.15. The lowest BCUT2D eigenvalue weighted by molar-refractivity contribution is -0.142. The largest absolute Gasteiger partial charge is 0.481 e. The standard InChI is InChI=1S/C12H21NO2/c1-3-8(4-2)13-9-5-6-11(13)10(7-9)12(14)15/h8-11H,3-7H2,1-2H3,(H,14,15). The molecule has 3 heteroatoms. The van der Waals surface area contributed by atoms with Crippen molar-refractivity contribution in [2.75, 3.05) is 0 Å². The maximum absolute atomic E-state index is 11.1. The average molecular weight is 211 g/mol. The van der Waals surface area contributed by atoms with Crippen LogP contribution in [0.25, 0.3) is 0 Å². The predicted octanol–water partition coefficient (Wildman–Crippen LogP) is 2.11. The van der Waals surface area contributed by atoms with Crippen LogP contribution >= 0.6 is 0 Å².